The minimum Gasteiger partial charge on any atom is -0.263 e. The van der Waals surface area contributed by atoms with E-state index in [1.807, 2.05) is 6.92 Å². The van der Waals surface area contributed by atoms with Gasteiger partial charge in [0.25, 0.3) is 0 Å². The summed E-state index contributed by atoms with van der Waals surface area (Å²) in [5, 5.41) is 7.23. The molecule has 0 saturated heterocycles. The van der Waals surface area contributed by atoms with E-state index in [9.17, 15) is 0 Å². The number of allylic oxidation sites excluding steroid dienone is 4. The number of H-pyrrole nitrogens is 1. The van der Waals surface area contributed by atoms with E-state index in [1.165, 1.54) is 16.7 Å². The lowest BCUT2D eigenvalue weighted by molar-refractivity contribution is 0.453. The number of aromatic nitrogens is 3. The zero-order chi connectivity index (χ0) is 14.4. The third kappa shape index (κ3) is 2.80. The van der Waals surface area contributed by atoms with Crippen molar-refractivity contribution in [1.29, 1.82) is 0 Å². The molecule has 19 heavy (non-hydrogen) atoms. The quantitative estimate of drug-likeness (QED) is 0.817. The number of hydrogen-bond acceptors (Lipinski definition) is 2. The number of aryl methyl sites for hydroxylation is 1. The standard InChI is InChI=1S/C16H25N3/c1-10-17-14(19-18-10)11-8-12(15(2,3)4)13(9-11)16(5,6)7/h8H,9H2,1-7H3,(H,17,18,19). The molecule has 0 amide bonds. The molecule has 2 rings (SSSR count). The average Bonchev–Trinajstić information content (AvgIpc) is 2.79. The Morgan fingerprint density at radius 3 is 2.05 bits per heavy atom. The Morgan fingerprint density at radius 2 is 1.68 bits per heavy atom. The zero-order valence-electron chi connectivity index (χ0n) is 13.2. The fraction of sp³-hybridized carbons (Fsp3) is 0.625. The number of nitrogens with zero attached hydrogens (tertiary/aromatic N) is 2. The van der Waals surface area contributed by atoms with Crippen molar-refractivity contribution in [3.05, 3.63) is 28.9 Å². The topological polar surface area (TPSA) is 41.6 Å². The van der Waals surface area contributed by atoms with Crippen molar-refractivity contribution in [1.82, 2.24) is 15.2 Å². The summed E-state index contributed by atoms with van der Waals surface area (Å²) in [5.74, 6) is 1.72. The Kier molecular flexibility index (Phi) is 3.20. The fourth-order valence-corrected chi connectivity index (χ4v) is 2.57. The van der Waals surface area contributed by atoms with Gasteiger partial charge < -0.3 is 0 Å². The minimum atomic E-state index is 0.162. The fourth-order valence-electron chi connectivity index (χ4n) is 2.57. The highest BCUT2D eigenvalue weighted by Gasteiger charge is 2.32. The highest BCUT2D eigenvalue weighted by Crippen LogP contribution is 2.46. The molecule has 0 saturated carbocycles. The first-order valence-corrected chi connectivity index (χ1v) is 6.93. The average molecular weight is 259 g/mol. The minimum absolute atomic E-state index is 0.162. The molecule has 1 aliphatic carbocycles. The number of rotatable bonds is 1. The predicted molar refractivity (Wildman–Crippen MR) is 79.6 cm³/mol. The van der Waals surface area contributed by atoms with Gasteiger partial charge in [-0.1, -0.05) is 53.2 Å². The highest BCUT2D eigenvalue weighted by atomic mass is 15.2. The van der Waals surface area contributed by atoms with Crippen LogP contribution < -0.4 is 0 Å². The van der Waals surface area contributed by atoms with E-state index < -0.39 is 0 Å². The summed E-state index contributed by atoms with van der Waals surface area (Å²) in [6.45, 7) is 15.6. The Balaban J connectivity index is 2.42. The lowest BCUT2D eigenvalue weighted by atomic mass is 9.76. The number of nitrogens with one attached hydrogen (secondary N) is 1. The molecule has 0 spiro atoms. The van der Waals surface area contributed by atoms with Crippen LogP contribution in [-0.2, 0) is 0 Å². The SMILES string of the molecule is Cc1nc(C2=CC(C(C)(C)C)=C(C(C)(C)C)C2)n[nH]1. The Hall–Kier alpha value is -1.38. The smallest absolute Gasteiger partial charge is 0.177 e. The maximum atomic E-state index is 4.46. The van der Waals surface area contributed by atoms with Crippen LogP contribution in [0.15, 0.2) is 17.2 Å². The van der Waals surface area contributed by atoms with Crippen molar-refractivity contribution in [2.45, 2.75) is 54.9 Å². The molecule has 0 radical (unpaired) electrons. The lowest BCUT2D eigenvalue weighted by Gasteiger charge is -2.29. The second-order valence-corrected chi connectivity index (χ2v) is 7.48. The maximum absolute atomic E-state index is 4.46. The summed E-state index contributed by atoms with van der Waals surface area (Å²) in [6.07, 6.45) is 3.26. The van der Waals surface area contributed by atoms with Crippen molar-refractivity contribution >= 4 is 5.57 Å². The normalized spacial score (nSPS) is 17.1. The van der Waals surface area contributed by atoms with E-state index in [0.29, 0.717) is 0 Å². The van der Waals surface area contributed by atoms with Gasteiger partial charge in [-0.2, -0.15) is 5.10 Å². The van der Waals surface area contributed by atoms with Gasteiger partial charge in [0.15, 0.2) is 5.82 Å². The summed E-state index contributed by atoms with van der Waals surface area (Å²) in [5.41, 5.74) is 4.54. The molecule has 1 heterocycles. The van der Waals surface area contributed by atoms with E-state index >= 15 is 0 Å². The van der Waals surface area contributed by atoms with Gasteiger partial charge in [0.1, 0.15) is 5.82 Å². The summed E-state index contributed by atoms with van der Waals surface area (Å²) in [4.78, 5) is 4.46. The molecule has 0 unspecified atom stereocenters. The van der Waals surface area contributed by atoms with Crippen LogP contribution in [0.3, 0.4) is 0 Å². The van der Waals surface area contributed by atoms with Gasteiger partial charge >= 0.3 is 0 Å². The molecule has 1 aromatic rings. The molecule has 1 aliphatic rings. The van der Waals surface area contributed by atoms with Crippen molar-refractivity contribution in [3.63, 3.8) is 0 Å². The predicted octanol–water partition coefficient (Wildman–Crippen LogP) is 4.29. The van der Waals surface area contributed by atoms with Gasteiger partial charge in [0.2, 0.25) is 0 Å². The molecule has 0 atom stereocenters. The van der Waals surface area contributed by atoms with Crippen LogP contribution in [-0.4, -0.2) is 15.2 Å². The van der Waals surface area contributed by atoms with E-state index in [0.717, 1.165) is 18.1 Å². The van der Waals surface area contributed by atoms with Crippen LogP contribution in [0.25, 0.3) is 5.57 Å². The van der Waals surface area contributed by atoms with Crippen molar-refractivity contribution in [2.75, 3.05) is 0 Å². The Bertz CT molecular complexity index is 545. The van der Waals surface area contributed by atoms with Crippen LogP contribution >= 0.6 is 0 Å². The van der Waals surface area contributed by atoms with Crippen LogP contribution in [0.1, 0.15) is 59.6 Å². The first kappa shape index (κ1) is 14.0. The Morgan fingerprint density at radius 1 is 1.05 bits per heavy atom. The van der Waals surface area contributed by atoms with E-state index in [2.05, 4.69) is 62.8 Å². The van der Waals surface area contributed by atoms with E-state index in [1.54, 1.807) is 0 Å². The van der Waals surface area contributed by atoms with Crippen LogP contribution in [0, 0.1) is 17.8 Å². The highest BCUT2D eigenvalue weighted by molar-refractivity contribution is 5.71. The number of hydrogen-bond donors (Lipinski definition) is 1. The first-order chi connectivity index (χ1) is 8.59. The van der Waals surface area contributed by atoms with Crippen LogP contribution in [0.5, 0.6) is 0 Å². The molecule has 1 N–H and O–H groups in total. The molecule has 3 nitrogen and oxygen atoms in total. The maximum Gasteiger partial charge on any atom is 0.177 e. The Labute approximate surface area is 116 Å². The monoisotopic (exact) mass is 259 g/mol. The summed E-state index contributed by atoms with van der Waals surface area (Å²) in [6, 6.07) is 0. The molecule has 0 aromatic carbocycles. The second kappa shape index (κ2) is 4.32. The summed E-state index contributed by atoms with van der Waals surface area (Å²) in [7, 11) is 0. The molecule has 1 aromatic heterocycles. The van der Waals surface area contributed by atoms with Crippen molar-refractivity contribution in [3.8, 4) is 0 Å². The molecule has 0 bridgehead atoms. The van der Waals surface area contributed by atoms with Crippen molar-refractivity contribution in [2.24, 2.45) is 10.8 Å². The van der Waals surface area contributed by atoms with Crippen molar-refractivity contribution < 1.29 is 0 Å². The molecule has 104 valence electrons. The molecule has 0 fully saturated rings. The summed E-state index contributed by atoms with van der Waals surface area (Å²) < 4.78 is 0. The molecule has 3 heteroatoms. The van der Waals surface area contributed by atoms with E-state index in [-0.39, 0.29) is 10.8 Å². The third-order valence-electron chi connectivity index (χ3n) is 3.61. The zero-order valence-corrected chi connectivity index (χ0v) is 13.2. The van der Waals surface area contributed by atoms with Gasteiger partial charge in [-0.15, -0.1) is 0 Å². The second-order valence-electron chi connectivity index (χ2n) is 7.48. The third-order valence-corrected chi connectivity index (χ3v) is 3.61. The van der Waals surface area contributed by atoms with Gasteiger partial charge in [0, 0.05) is 5.57 Å². The van der Waals surface area contributed by atoms with Gasteiger partial charge in [-0.25, -0.2) is 4.98 Å². The van der Waals surface area contributed by atoms with Crippen LogP contribution in [0.4, 0.5) is 0 Å². The van der Waals surface area contributed by atoms with E-state index in [4.69, 9.17) is 0 Å². The van der Waals surface area contributed by atoms with Gasteiger partial charge in [-0.05, 0) is 29.7 Å². The molecule has 0 aliphatic heterocycles. The summed E-state index contributed by atoms with van der Waals surface area (Å²) >= 11 is 0. The van der Waals surface area contributed by atoms with Gasteiger partial charge in [-0.3, -0.25) is 5.10 Å². The van der Waals surface area contributed by atoms with Crippen LogP contribution in [0.2, 0.25) is 0 Å². The lowest BCUT2D eigenvalue weighted by Crippen LogP contribution is -2.16. The number of aromatic amines is 1. The first-order valence-electron chi connectivity index (χ1n) is 6.93. The largest absolute Gasteiger partial charge is 0.263 e. The molecular weight excluding hydrogens is 234 g/mol. The van der Waals surface area contributed by atoms with Gasteiger partial charge in [0.05, 0.1) is 0 Å². The molecular formula is C16H25N3.